The van der Waals surface area contributed by atoms with Crippen molar-refractivity contribution in [2.24, 2.45) is 0 Å². The lowest BCUT2D eigenvalue weighted by atomic mass is 9.90. The number of hydrogen-bond donors (Lipinski definition) is 1. The van der Waals surface area contributed by atoms with Crippen LogP contribution in [0.5, 0.6) is 0 Å². The van der Waals surface area contributed by atoms with E-state index in [4.69, 9.17) is 5.10 Å². The van der Waals surface area contributed by atoms with Crippen molar-refractivity contribution in [1.29, 1.82) is 0 Å². The number of rotatable bonds is 5. The third-order valence-electron chi connectivity index (χ3n) is 7.07. The van der Waals surface area contributed by atoms with E-state index in [0.717, 1.165) is 50.9 Å². The highest BCUT2D eigenvalue weighted by molar-refractivity contribution is 5.94. The highest BCUT2D eigenvalue weighted by atomic mass is 16.2. The summed E-state index contributed by atoms with van der Waals surface area (Å²) in [7, 11) is 0. The number of likely N-dealkylation sites (tertiary alicyclic amines) is 1. The van der Waals surface area contributed by atoms with E-state index < -0.39 is 0 Å². The molecule has 1 saturated heterocycles. The van der Waals surface area contributed by atoms with Crippen molar-refractivity contribution in [3.05, 3.63) is 29.6 Å². The highest BCUT2D eigenvalue weighted by Gasteiger charge is 2.32. The second kappa shape index (κ2) is 9.92. The quantitative estimate of drug-likeness (QED) is 0.596. The molecule has 3 aliphatic rings. The van der Waals surface area contributed by atoms with Crippen LogP contribution in [-0.4, -0.2) is 45.8 Å². The van der Waals surface area contributed by atoms with Crippen LogP contribution in [-0.2, 0) is 19.4 Å². The Hall–Kier alpha value is -1.62. The largest absolute Gasteiger partial charge is 0.337 e. The van der Waals surface area contributed by atoms with Gasteiger partial charge in [-0.25, -0.2) is 0 Å². The molecular formula is C24H38N4O. The van der Waals surface area contributed by atoms with Crippen molar-refractivity contribution in [2.45, 2.75) is 102 Å². The Bertz CT molecular complexity index is 694. The molecule has 0 bridgehead atoms. The molecule has 1 aromatic rings. The van der Waals surface area contributed by atoms with Gasteiger partial charge in [0.2, 0.25) is 0 Å². The zero-order chi connectivity index (χ0) is 20.1. The first-order valence-electron chi connectivity index (χ1n) is 12.0. The molecule has 0 radical (unpaired) electrons. The summed E-state index contributed by atoms with van der Waals surface area (Å²) in [6.07, 6.45) is 17.8. The van der Waals surface area contributed by atoms with Gasteiger partial charge in [0, 0.05) is 36.4 Å². The van der Waals surface area contributed by atoms with Gasteiger partial charge in [-0.15, -0.1) is 6.58 Å². The Balaban J connectivity index is 1.52. The molecule has 5 heteroatoms. The van der Waals surface area contributed by atoms with E-state index >= 15 is 0 Å². The number of nitrogens with one attached hydrogen (secondary N) is 1. The molecule has 1 N–H and O–H groups in total. The first-order chi connectivity index (χ1) is 14.3. The van der Waals surface area contributed by atoms with Crippen LogP contribution >= 0.6 is 0 Å². The Morgan fingerprint density at radius 1 is 1.00 bits per heavy atom. The third-order valence-corrected chi connectivity index (χ3v) is 7.07. The van der Waals surface area contributed by atoms with Crippen molar-refractivity contribution in [3.8, 4) is 0 Å². The molecule has 2 fully saturated rings. The van der Waals surface area contributed by atoms with E-state index in [1.807, 2.05) is 10.8 Å². The fourth-order valence-electron chi connectivity index (χ4n) is 5.48. The molecule has 1 aliphatic heterocycles. The fraction of sp³-hybridized carbons (Fsp3) is 0.750. The van der Waals surface area contributed by atoms with E-state index in [1.165, 1.54) is 62.6 Å². The zero-order valence-electron chi connectivity index (χ0n) is 18.0. The van der Waals surface area contributed by atoms with Crippen LogP contribution in [0.3, 0.4) is 0 Å². The number of nitrogens with zero attached hydrogens (tertiary/aromatic N) is 3. The van der Waals surface area contributed by atoms with E-state index in [2.05, 4.69) is 16.8 Å². The molecule has 1 amide bonds. The van der Waals surface area contributed by atoms with Crippen molar-refractivity contribution in [3.63, 3.8) is 0 Å². The van der Waals surface area contributed by atoms with Gasteiger partial charge in [-0.3, -0.25) is 9.48 Å². The summed E-state index contributed by atoms with van der Waals surface area (Å²) < 4.78 is 2.04. The van der Waals surface area contributed by atoms with Crippen molar-refractivity contribution in [1.82, 2.24) is 20.0 Å². The van der Waals surface area contributed by atoms with E-state index in [1.54, 1.807) is 0 Å². The van der Waals surface area contributed by atoms with E-state index in [0.29, 0.717) is 18.6 Å². The minimum atomic E-state index is 0.154. The molecule has 1 atom stereocenters. The van der Waals surface area contributed by atoms with Gasteiger partial charge in [-0.1, -0.05) is 44.6 Å². The SMILES string of the molecule is C=CCn1nc(C(=O)N2CCCCCC2)c2c1CCC(NC1CCCCCC1)C2. The molecule has 160 valence electrons. The standard InChI is InChI=1S/C24H38N4O/c1-2-15-28-22-14-13-20(25-19-11-7-3-4-8-12-19)18-21(22)23(26-28)24(29)27-16-9-5-6-10-17-27/h2,19-20,25H,1,3-18H2. The zero-order valence-corrected chi connectivity index (χ0v) is 18.0. The van der Waals surface area contributed by atoms with Gasteiger partial charge >= 0.3 is 0 Å². The summed E-state index contributed by atoms with van der Waals surface area (Å²) in [5, 5.41) is 8.76. The summed E-state index contributed by atoms with van der Waals surface area (Å²) in [5.41, 5.74) is 3.19. The number of amides is 1. The Morgan fingerprint density at radius 2 is 1.69 bits per heavy atom. The Labute approximate surface area is 175 Å². The average molecular weight is 399 g/mol. The number of fused-ring (bicyclic) bond motifs is 1. The first-order valence-corrected chi connectivity index (χ1v) is 12.0. The maximum absolute atomic E-state index is 13.4. The predicted octanol–water partition coefficient (Wildman–Crippen LogP) is 4.26. The third kappa shape index (κ3) is 4.93. The Morgan fingerprint density at radius 3 is 2.38 bits per heavy atom. The molecule has 2 heterocycles. The number of carbonyl (C=O) groups is 1. The molecule has 0 spiro atoms. The summed E-state index contributed by atoms with van der Waals surface area (Å²) in [6, 6.07) is 1.12. The van der Waals surface area contributed by atoms with Gasteiger partial charge in [0.05, 0.1) is 6.54 Å². The van der Waals surface area contributed by atoms with Gasteiger partial charge in [-0.2, -0.15) is 5.10 Å². The lowest BCUT2D eigenvalue weighted by molar-refractivity contribution is 0.0753. The molecule has 5 nitrogen and oxygen atoms in total. The summed E-state index contributed by atoms with van der Waals surface area (Å²) in [6.45, 7) is 6.35. The second-order valence-corrected chi connectivity index (χ2v) is 9.25. The van der Waals surface area contributed by atoms with Crippen LogP contribution in [0.15, 0.2) is 12.7 Å². The monoisotopic (exact) mass is 398 g/mol. The molecule has 1 unspecified atom stereocenters. The summed E-state index contributed by atoms with van der Waals surface area (Å²) in [4.78, 5) is 15.4. The number of allylic oxidation sites excluding steroid dienone is 1. The Kier molecular flexibility index (Phi) is 7.06. The predicted molar refractivity (Wildman–Crippen MR) is 117 cm³/mol. The lowest BCUT2D eigenvalue weighted by Gasteiger charge is -2.29. The van der Waals surface area contributed by atoms with Crippen molar-refractivity contribution < 1.29 is 4.79 Å². The van der Waals surface area contributed by atoms with Gasteiger partial charge in [-0.05, 0) is 44.9 Å². The number of carbonyl (C=O) groups excluding carboxylic acids is 1. The van der Waals surface area contributed by atoms with E-state index in [9.17, 15) is 4.79 Å². The summed E-state index contributed by atoms with van der Waals surface area (Å²) >= 11 is 0. The van der Waals surface area contributed by atoms with Gasteiger partial charge in [0.25, 0.3) is 5.91 Å². The molecule has 1 saturated carbocycles. The molecule has 29 heavy (non-hydrogen) atoms. The van der Waals surface area contributed by atoms with Crippen LogP contribution < -0.4 is 5.32 Å². The number of aromatic nitrogens is 2. The normalized spacial score (nSPS) is 23.9. The number of hydrogen-bond acceptors (Lipinski definition) is 3. The van der Waals surface area contributed by atoms with Crippen LogP contribution in [0.4, 0.5) is 0 Å². The van der Waals surface area contributed by atoms with Crippen molar-refractivity contribution in [2.75, 3.05) is 13.1 Å². The lowest BCUT2D eigenvalue weighted by Crippen LogP contribution is -2.42. The maximum atomic E-state index is 13.4. The molecule has 4 rings (SSSR count). The van der Waals surface area contributed by atoms with Gasteiger partial charge < -0.3 is 10.2 Å². The second-order valence-electron chi connectivity index (χ2n) is 9.25. The molecular weight excluding hydrogens is 360 g/mol. The van der Waals surface area contributed by atoms with Crippen LogP contribution in [0.2, 0.25) is 0 Å². The first kappa shape index (κ1) is 20.6. The van der Waals surface area contributed by atoms with Crippen LogP contribution in [0, 0.1) is 0 Å². The highest BCUT2D eigenvalue weighted by Crippen LogP contribution is 2.28. The van der Waals surface area contributed by atoms with Crippen molar-refractivity contribution >= 4 is 5.91 Å². The fourth-order valence-corrected chi connectivity index (χ4v) is 5.48. The smallest absolute Gasteiger partial charge is 0.274 e. The minimum absolute atomic E-state index is 0.154. The maximum Gasteiger partial charge on any atom is 0.274 e. The topological polar surface area (TPSA) is 50.2 Å². The van der Waals surface area contributed by atoms with Gasteiger partial charge in [0.1, 0.15) is 0 Å². The molecule has 0 aromatic carbocycles. The van der Waals surface area contributed by atoms with E-state index in [-0.39, 0.29) is 5.91 Å². The van der Waals surface area contributed by atoms with Crippen LogP contribution in [0.1, 0.15) is 92.4 Å². The summed E-state index contributed by atoms with van der Waals surface area (Å²) in [5.74, 6) is 0.154. The van der Waals surface area contributed by atoms with Gasteiger partial charge in [0.15, 0.2) is 5.69 Å². The van der Waals surface area contributed by atoms with Crippen LogP contribution in [0.25, 0.3) is 0 Å². The average Bonchev–Trinajstić information content (AvgIpc) is 2.97. The molecule has 2 aliphatic carbocycles. The molecule has 1 aromatic heterocycles. The minimum Gasteiger partial charge on any atom is -0.337 e.